The molecule has 0 spiro atoms. The van der Waals surface area contributed by atoms with Gasteiger partial charge >= 0.3 is 5.97 Å². The number of aromatic nitrogens is 4. The molecule has 0 radical (unpaired) electrons. The van der Waals surface area contributed by atoms with Crippen molar-refractivity contribution >= 4 is 5.97 Å². The van der Waals surface area contributed by atoms with Gasteiger partial charge in [0.1, 0.15) is 5.82 Å². The lowest BCUT2D eigenvalue weighted by molar-refractivity contribution is -0.143. The first-order valence-electron chi connectivity index (χ1n) is 5.77. The van der Waals surface area contributed by atoms with Crippen molar-refractivity contribution in [2.45, 2.75) is 19.8 Å². The smallest absolute Gasteiger partial charge is 0.306 e. The van der Waals surface area contributed by atoms with E-state index in [1.54, 1.807) is 36.3 Å². The highest BCUT2D eigenvalue weighted by molar-refractivity contribution is 5.69. The molecule has 0 aliphatic rings. The number of carbonyl (C=O) groups is 1. The van der Waals surface area contributed by atoms with Crippen molar-refractivity contribution in [3.05, 3.63) is 36.5 Å². The fourth-order valence-corrected chi connectivity index (χ4v) is 1.49. The van der Waals surface area contributed by atoms with Crippen LogP contribution in [0.25, 0.3) is 5.82 Å². The van der Waals surface area contributed by atoms with E-state index in [1.165, 1.54) is 0 Å². The van der Waals surface area contributed by atoms with E-state index in [0.29, 0.717) is 24.7 Å². The normalized spacial score (nSPS) is 10.3. The summed E-state index contributed by atoms with van der Waals surface area (Å²) in [7, 11) is 0. The zero-order valence-electron chi connectivity index (χ0n) is 10.1. The van der Waals surface area contributed by atoms with Gasteiger partial charge in [-0.2, -0.15) is 5.10 Å². The lowest BCUT2D eigenvalue weighted by Gasteiger charge is -2.03. The van der Waals surface area contributed by atoms with Gasteiger partial charge in [0.05, 0.1) is 13.0 Å². The maximum absolute atomic E-state index is 11.2. The van der Waals surface area contributed by atoms with E-state index >= 15 is 0 Å². The van der Waals surface area contributed by atoms with E-state index in [9.17, 15) is 4.79 Å². The highest BCUT2D eigenvalue weighted by atomic mass is 16.5. The van der Waals surface area contributed by atoms with Crippen molar-refractivity contribution in [3.8, 4) is 5.82 Å². The first-order valence-corrected chi connectivity index (χ1v) is 5.77. The van der Waals surface area contributed by atoms with Crippen molar-refractivity contribution < 1.29 is 9.53 Å². The third-order valence-electron chi connectivity index (χ3n) is 2.29. The Morgan fingerprint density at radius 1 is 1.44 bits per heavy atom. The molecule has 0 atom stereocenters. The van der Waals surface area contributed by atoms with Crippen LogP contribution in [0.15, 0.2) is 30.7 Å². The van der Waals surface area contributed by atoms with Crippen LogP contribution in [0.4, 0.5) is 0 Å². The van der Waals surface area contributed by atoms with Crippen LogP contribution in [-0.2, 0) is 16.0 Å². The molecule has 2 rings (SSSR count). The fourth-order valence-electron chi connectivity index (χ4n) is 1.49. The largest absolute Gasteiger partial charge is 0.466 e. The standard InChI is InChI=1S/C12H14N4O2/c1-2-18-12(17)5-4-10-13-8-6-11(15-10)16-9-3-7-14-16/h3,6-9H,2,4-5H2,1H3. The zero-order valence-corrected chi connectivity index (χ0v) is 10.1. The molecule has 0 aliphatic heterocycles. The van der Waals surface area contributed by atoms with Gasteiger partial charge in [0.2, 0.25) is 0 Å². The summed E-state index contributed by atoms with van der Waals surface area (Å²) < 4.78 is 6.50. The summed E-state index contributed by atoms with van der Waals surface area (Å²) in [5.74, 6) is 1.07. The third kappa shape index (κ3) is 3.13. The molecule has 0 saturated carbocycles. The quantitative estimate of drug-likeness (QED) is 0.740. The van der Waals surface area contributed by atoms with E-state index in [0.717, 1.165) is 0 Å². The molecule has 18 heavy (non-hydrogen) atoms. The average Bonchev–Trinajstić information content (AvgIpc) is 2.91. The van der Waals surface area contributed by atoms with Gasteiger partial charge in [-0.15, -0.1) is 0 Å². The lowest BCUT2D eigenvalue weighted by atomic mass is 10.3. The number of ether oxygens (including phenoxy) is 1. The van der Waals surface area contributed by atoms with Crippen LogP contribution in [0, 0.1) is 0 Å². The SMILES string of the molecule is CCOC(=O)CCc1nccc(-n2cccn2)n1. The average molecular weight is 246 g/mol. The molecule has 2 aromatic heterocycles. The number of aryl methyl sites for hydroxylation is 1. The molecular formula is C12H14N4O2. The first-order chi connectivity index (χ1) is 8.79. The molecule has 0 aliphatic carbocycles. The molecule has 0 N–H and O–H groups in total. The summed E-state index contributed by atoms with van der Waals surface area (Å²) in [6.07, 6.45) is 5.90. The van der Waals surface area contributed by atoms with Gasteiger partial charge < -0.3 is 4.74 Å². The predicted molar refractivity (Wildman–Crippen MR) is 64.1 cm³/mol. The summed E-state index contributed by atoms with van der Waals surface area (Å²) >= 11 is 0. The van der Waals surface area contributed by atoms with Crippen molar-refractivity contribution in [2.24, 2.45) is 0 Å². The molecular weight excluding hydrogens is 232 g/mol. The minimum atomic E-state index is -0.231. The van der Waals surface area contributed by atoms with Gasteiger partial charge in [-0.3, -0.25) is 4.79 Å². The van der Waals surface area contributed by atoms with Crippen LogP contribution in [0.2, 0.25) is 0 Å². The van der Waals surface area contributed by atoms with Crippen LogP contribution in [-0.4, -0.2) is 32.3 Å². The molecule has 6 heteroatoms. The molecule has 2 aromatic rings. The number of esters is 1. The fraction of sp³-hybridized carbons (Fsp3) is 0.333. The molecule has 0 amide bonds. The Labute approximate surface area is 105 Å². The topological polar surface area (TPSA) is 69.9 Å². The van der Waals surface area contributed by atoms with Crippen LogP contribution in [0.1, 0.15) is 19.2 Å². The second kappa shape index (κ2) is 5.90. The highest BCUT2D eigenvalue weighted by Gasteiger charge is 2.06. The summed E-state index contributed by atoms with van der Waals surface area (Å²) in [5.41, 5.74) is 0. The Morgan fingerprint density at radius 3 is 3.06 bits per heavy atom. The van der Waals surface area contributed by atoms with Gasteiger partial charge in [0.15, 0.2) is 5.82 Å². The van der Waals surface area contributed by atoms with Crippen LogP contribution in [0.3, 0.4) is 0 Å². The molecule has 0 unspecified atom stereocenters. The van der Waals surface area contributed by atoms with Crippen LogP contribution < -0.4 is 0 Å². The van der Waals surface area contributed by atoms with Crippen molar-refractivity contribution in [2.75, 3.05) is 6.61 Å². The molecule has 0 saturated heterocycles. The van der Waals surface area contributed by atoms with Gasteiger partial charge in [0, 0.05) is 31.1 Å². The third-order valence-corrected chi connectivity index (χ3v) is 2.29. The second-order valence-corrected chi connectivity index (χ2v) is 3.59. The molecule has 0 bridgehead atoms. The van der Waals surface area contributed by atoms with E-state index in [-0.39, 0.29) is 12.4 Å². The molecule has 94 valence electrons. The number of hydrogen-bond acceptors (Lipinski definition) is 5. The Bertz CT molecular complexity index is 511. The maximum atomic E-state index is 11.2. The van der Waals surface area contributed by atoms with Crippen molar-refractivity contribution in [1.29, 1.82) is 0 Å². The Balaban J connectivity index is 2.02. The van der Waals surface area contributed by atoms with Crippen LogP contribution >= 0.6 is 0 Å². The molecule has 0 fully saturated rings. The lowest BCUT2D eigenvalue weighted by Crippen LogP contribution is -2.08. The van der Waals surface area contributed by atoms with E-state index in [1.807, 2.05) is 6.07 Å². The Hall–Kier alpha value is -2.24. The summed E-state index contributed by atoms with van der Waals surface area (Å²) in [6.45, 7) is 2.18. The second-order valence-electron chi connectivity index (χ2n) is 3.59. The van der Waals surface area contributed by atoms with E-state index in [2.05, 4.69) is 15.1 Å². The summed E-state index contributed by atoms with van der Waals surface area (Å²) in [4.78, 5) is 19.7. The number of hydrogen-bond donors (Lipinski definition) is 0. The minimum absolute atomic E-state index is 0.231. The zero-order chi connectivity index (χ0) is 12.8. The van der Waals surface area contributed by atoms with Gasteiger partial charge in [-0.05, 0) is 13.0 Å². The van der Waals surface area contributed by atoms with Crippen molar-refractivity contribution in [1.82, 2.24) is 19.7 Å². The van der Waals surface area contributed by atoms with E-state index in [4.69, 9.17) is 4.74 Å². The molecule has 0 aromatic carbocycles. The number of rotatable bonds is 5. The Kier molecular flexibility index (Phi) is 4.01. The monoisotopic (exact) mass is 246 g/mol. The highest BCUT2D eigenvalue weighted by Crippen LogP contribution is 2.04. The first kappa shape index (κ1) is 12.2. The summed E-state index contributed by atoms with van der Waals surface area (Å²) in [6, 6.07) is 3.58. The van der Waals surface area contributed by atoms with Gasteiger partial charge in [-0.25, -0.2) is 14.6 Å². The Morgan fingerprint density at radius 2 is 2.33 bits per heavy atom. The van der Waals surface area contributed by atoms with Crippen LogP contribution in [0.5, 0.6) is 0 Å². The van der Waals surface area contributed by atoms with Gasteiger partial charge in [-0.1, -0.05) is 0 Å². The number of nitrogens with zero attached hydrogens (tertiary/aromatic N) is 4. The summed E-state index contributed by atoms with van der Waals surface area (Å²) in [5, 5.41) is 4.09. The predicted octanol–water partition coefficient (Wildman–Crippen LogP) is 1.16. The van der Waals surface area contributed by atoms with Gasteiger partial charge in [0.25, 0.3) is 0 Å². The molecule has 6 nitrogen and oxygen atoms in total. The minimum Gasteiger partial charge on any atom is -0.466 e. The number of carbonyl (C=O) groups excluding carboxylic acids is 1. The van der Waals surface area contributed by atoms with E-state index < -0.39 is 0 Å². The maximum Gasteiger partial charge on any atom is 0.306 e. The molecule has 2 heterocycles. The van der Waals surface area contributed by atoms with Crippen molar-refractivity contribution in [3.63, 3.8) is 0 Å².